The Morgan fingerprint density at radius 2 is 2.09 bits per heavy atom. The van der Waals surface area contributed by atoms with Crippen LogP contribution in [0.15, 0.2) is 30.4 Å². The second kappa shape index (κ2) is 8.30. The van der Waals surface area contributed by atoms with Crippen LogP contribution < -0.4 is 0 Å². The maximum atomic E-state index is 13.8. The van der Waals surface area contributed by atoms with E-state index in [1.807, 2.05) is 25.7 Å². The molecule has 1 unspecified atom stereocenters. The van der Waals surface area contributed by atoms with Crippen molar-refractivity contribution in [2.45, 2.75) is 33.4 Å². The van der Waals surface area contributed by atoms with Crippen molar-refractivity contribution < 1.29 is 9.18 Å². The lowest BCUT2D eigenvalue weighted by atomic mass is 10.1. The standard InChI is InChI=1S/C17H24ClFN2O/c1-6-21(10-12(2)3)13(4)17(22)20(5)11-14-15(18)8-7-9-16(14)19/h7-9,13H,2,6,10-11H2,1,3-5H3. The third-order valence-electron chi connectivity index (χ3n) is 3.62. The molecule has 0 N–H and O–H groups in total. The lowest BCUT2D eigenvalue weighted by molar-refractivity contribution is -0.135. The Labute approximate surface area is 137 Å². The highest BCUT2D eigenvalue weighted by Gasteiger charge is 2.24. The van der Waals surface area contributed by atoms with Crippen LogP contribution in [0.4, 0.5) is 4.39 Å². The SMILES string of the molecule is C=C(C)CN(CC)C(C)C(=O)N(C)Cc1c(F)cccc1Cl. The summed E-state index contributed by atoms with van der Waals surface area (Å²) in [5.41, 5.74) is 1.34. The topological polar surface area (TPSA) is 23.6 Å². The van der Waals surface area contributed by atoms with Crippen LogP contribution in [0.3, 0.4) is 0 Å². The third kappa shape index (κ3) is 4.82. The van der Waals surface area contributed by atoms with Crippen molar-refractivity contribution in [2.24, 2.45) is 0 Å². The molecule has 1 aromatic carbocycles. The summed E-state index contributed by atoms with van der Waals surface area (Å²) in [5.74, 6) is -0.462. The van der Waals surface area contributed by atoms with Crippen molar-refractivity contribution in [3.8, 4) is 0 Å². The summed E-state index contributed by atoms with van der Waals surface area (Å²) in [6.45, 7) is 11.2. The van der Waals surface area contributed by atoms with Gasteiger partial charge in [-0.05, 0) is 32.5 Å². The summed E-state index contributed by atoms with van der Waals surface area (Å²) in [6, 6.07) is 4.23. The number of carbonyl (C=O) groups is 1. The number of likely N-dealkylation sites (N-methyl/N-ethyl adjacent to an activating group) is 2. The molecule has 1 amide bonds. The monoisotopic (exact) mass is 326 g/mol. The zero-order valence-corrected chi connectivity index (χ0v) is 14.5. The zero-order chi connectivity index (χ0) is 16.9. The Kier molecular flexibility index (Phi) is 7.04. The van der Waals surface area contributed by atoms with Crippen LogP contribution in [0.5, 0.6) is 0 Å². The molecule has 122 valence electrons. The molecule has 1 aromatic rings. The van der Waals surface area contributed by atoms with Gasteiger partial charge in [0.1, 0.15) is 5.82 Å². The predicted octanol–water partition coefficient (Wildman–Crippen LogP) is 3.72. The lowest BCUT2D eigenvalue weighted by Gasteiger charge is -2.30. The van der Waals surface area contributed by atoms with Crippen LogP contribution in [0, 0.1) is 5.82 Å². The number of hydrogen-bond donors (Lipinski definition) is 0. The Morgan fingerprint density at radius 3 is 2.59 bits per heavy atom. The van der Waals surface area contributed by atoms with E-state index in [9.17, 15) is 9.18 Å². The zero-order valence-electron chi connectivity index (χ0n) is 13.7. The van der Waals surface area contributed by atoms with E-state index in [4.69, 9.17) is 11.6 Å². The fourth-order valence-electron chi connectivity index (χ4n) is 2.34. The van der Waals surface area contributed by atoms with Crippen LogP contribution in [-0.2, 0) is 11.3 Å². The molecule has 0 bridgehead atoms. The molecule has 1 atom stereocenters. The molecule has 0 fully saturated rings. The number of carbonyl (C=O) groups excluding carboxylic acids is 1. The van der Waals surface area contributed by atoms with Gasteiger partial charge in [0.2, 0.25) is 5.91 Å². The average Bonchev–Trinajstić information content (AvgIpc) is 2.46. The Bertz CT molecular complexity index is 527. The molecule has 0 saturated carbocycles. The van der Waals surface area contributed by atoms with E-state index in [0.29, 0.717) is 17.1 Å². The molecular formula is C17H24ClFN2O. The molecule has 0 radical (unpaired) electrons. The van der Waals surface area contributed by atoms with Crippen LogP contribution in [0.25, 0.3) is 0 Å². The van der Waals surface area contributed by atoms with E-state index in [0.717, 1.165) is 12.1 Å². The van der Waals surface area contributed by atoms with E-state index in [-0.39, 0.29) is 18.5 Å². The highest BCUT2D eigenvalue weighted by Crippen LogP contribution is 2.21. The fourth-order valence-corrected chi connectivity index (χ4v) is 2.57. The molecule has 0 aliphatic heterocycles. The van der Waals surface area contributed by atoms with Crippen LogP contribution in [-0.4, -0.2) is 41.9 Å². The van der Waals surface area contributed by atoms with Crippen LogP contribution in [0.1, 0.15) is 26.3 Å². The van der Waals surface area contributed by atoms with Crippen LogP contribution >= 0.6 is 11.6 Å². The van der Waals surface area contributed by atoms with E-state index in [2.05, 4.69) is 6.58 Å². The molecule has 0 aromatic heterocycles. The fraction of sp³-hybridized carbons (Fsp3) is 0.471. The van der Waals surface area contributed by atoms with E-state index < -0.39 is 5.82 Å². The minimum absolute atomic E-state index is 0.0672. The van der Waals surface area contributed by atoms with E-state index in [1.54, 1.807) is 19.2 Å². The average molecular weight is 327 g/mol. The van der Waals surface area contributed by atoms with Gasteiger partial charge in [0.05, 0.1) is 6.04 Å². The highest BCUT2D eigenvalue weighted by atomic mass is 35.5. The molecule has 22 heavy (non-hydrogen) atoms. The van der Waals surface area contributed by atoms with Crippen molar-refractivity contribution in [1.29, 1.82) is 0 Å². The van der Waals surface area contributed by atoms with Gasteiger partial charge in [-0.25, -0.2) is 4.39 Å². The van der Waals surface area contributed by atoms with Crippen molar-refractivity contribution in [2.75, 3.05) is 20.1 Å². The second-order valence-electron chi connectivity index (χ2n) is 5.59. The largest absolute Gasteiger partial charge is 0.340 e. The Morgan fingerprint density at radius 1 is 1.45 bits per heavy atom. The molecule has 0 heterocycles. The molecule has 0 saturated heterocycles. The normalized spacial score (nSPS) is 12.3. The third-order valence-corrected chi connectivity index (χ3v) is 3.97. The lowest BCUT2D eigenvalue weighted by Crippen LogP contribution is -2.46. The van der Waals surface area contributed by atoms with Crippen molar-refractivity contribution in [3.63, 3.8) is 0 Å². The van der Waals surface area contributed by atoms with Crippen molar-refractivity contribution in [3.05, 3.63) is 46.8 Å². The van der Waals surface area contributed by atoms with Gasteiger partial charge in [0, 0.05) is 30.7 Å². The maximum Gasteiger partial charge on any atom is 0.239 e. The summed E-state index contributed by atoms with van der Waals surface area (Å²) >= 11 is 6.02. The smallest absolute Gasteiger partial charge is 0.239 e. The number of amides is 1. The quantitative estimate of drug-likeness (QED) is 0.713. The van der Waals surface area contributed by atoms with Crippen LogP contribution in [0.2, 0.25) is 5.02 Å². The van der Waals surface area contributed by atoms with Gasteiger partial charge in [-0.3, -0.25) is 9.69 Å². The first-order chi connectivity index (χ1) is 10.3. The van der Waals surface area contributed by atoms with Crippen molar-refractivity contribution in [1.82, 2.24) is 9.80 Å². The van der Waals surface area contributed by atoms with Gasteiger partial charge in [-0.1, -0.05) is 36.7 Å². The van der Waals surface area contributed by atoms with Gasteiger partial charge in [-0.15, -0.1) is 0 Å². The second-order valence-corrected chi connectivity index (χ2v) is 6.00. The Hall–Kier alpha value is -1.39. The molecule has 3 nitrogen and oxygen atoms in total. The molecule has 5 heteroatoms. The highest BCUT2D eigenvalue weighted by molar-refractivity contribution is 6.31. The summed E-state index contributed by atoms with van der Waals surface area (Å²) in [4.78, 5) is 16.1. The van der Waals surface area contributed by atoms with Gasteiger partial charge in [0.25, 0.3) is 0 Å². The summed E-state index contributed by atoms with van der Waals surface area (Å²) in [5, 5.41) is 0.335. The van der Waals surface area contributed by atoms with E-state index in [1.165, 1.54) is 11.0 Å². The Balaban J connectivity index is 2.81. The van der Waals surface area contributed by atoms with Gasteiger partial charge < -0.3 is 4.90 Å². The van der Waals surface area contributed by atoms with Crippen molar-refractivity contribution >= 4 is 17.5 Å². The number of nitrogens with zero attached hydrogens (tertiary/aromatic N) is 2. The first kappa shape index (κ1) is 18.7. The molecule has 0 aliphatic carbocycles. The van der Waals surface area contributed by atoms with Gasteiger partial charge in [-0.2, -0.15) is 0 Å². The number of halogens is 2. The summed E-state index contributed by atoms with van der Waals surface area (Å²) in [6.07, 6.45) is 0. The number of rotatable bonds is 7. The molecule has 1 rings (SSSR count). The minimum atomic E-state index is -0.394. The maximum absolute atomic E-state index is 13.8. The number of hydrogen-bond acceptors (Lipinski definition) is 2. The molecule has 0 aliphatic rings. The first-order valence-corrected chi connectivity index (χ1v) is 7.72. The molecule has 0 spiro atoms. The van der Waals surface area contributed by atoms with Gasteiger partial charge in [0.15, 0.2) is 0 Å². The first-order valence-electron chi connectivity index (χ1n) is 7.34. The van der Waals surface area contributed by atoms with E-state index >= 15 is 0 Å². The summed E-state index contributed by atoms with van der Waals surface area (Å²) < 4.78 is 13.8. The summed E-state index contributed by atoms with van der Waals surface area (Å²) in [7, 11) is 1.66. The number of benzene rings is 1. The predicted molar refractivity (Wildman–Crippen MR) is 89.4 cm³/mol. The van der Waals surface area contributed by atoms with Gasteiger partial charge >= 0.3 is 0 Å². The minimum Gasteiger partial charge on any atom is -0.340 e. The molecular weight excluding hydrogens is 303 g/mol.